The molecule has 0 radical (unpaired) electrons. The van der Waals surface area contributed by atoms with E-state index in [0.29, 0.717) is 6.04 Å². The Bertz CT molecular complexity index is 613. The fraction of sp³-hybridized carbons (Fsp3) is 0.800. The van der Waals surface area contributed by atoms with E-state index >= 15 is 0 Å². The Morgan fingerprint density at radius 3 is 2.65 bits per heavy atom. The molecule has 6 heteroatoms. The van der Waals surface area contributed by atoms with Crippen molar-refractivity contribution in [3.05, 3.63) is 17.5 Å². The average Bonchev–Trinajstić information content (AvgIpc) is 3.34. The number of nitrogens with zero attached hydrogens (tertiary/aromatic N) is 4. The summed E-state index contributed by atoms with van der Waals surface area (Å²) in [5, 5.41) is 7.87. The zero-order valence-corrected chi connectivity index (χ0v) is 16.3. The summed E-state index contributed by atoms with van der Waals surface area (Å²) in [4.78, 5) is 9.43. The Kier molecular flexibility index (Phi) is 5.48. The molecule has 144 valence electrons. The van der Waals surface area contributed by atoms with Crippen molar-refractivity contribution in [1.82, 2.24) is 20.3 Å². The monoisotopic (exact) mass is 359 g/mol. The van der Waals surface area contributed by atoms with Gasteiger partial charge in [-0.15, -0.1) is 0 Å². The van der Waals surface area contributed by atoms with E-state index in [1.165, 1.54) is 38.5 Å². The van der Waals surface area contributed by atoms with E-state index in [1.807, 2.05) is 20.0 Å². The molecule has 0 spiro atoms. The second-order valence-corrected chi connectivity index (χ2v) is 8.29. The minimum Gasteiger partial charge on any atom is -0.361 e. The highest BCUT2D eigenvalue weighted by molar-refractivity contribution is 5.80. The lowest BCUT2D eigenvalue weighted by atomic mass is 9.85. The number of aryl methyl sites for hydroxylation is 1. The molecular weight excluding hydrogens is 326 g/mol. The Morgan fingerprint density at radius 1 is 1.23 bits per heavy atom. The maximum atomic E-state index is 5.18. The van der Waals surface area contributed by atoms with Gasteiger partial charge in [-0.25, -0.2) is 0 Å². The van der Waals surface area contributed by atoms with E-state index in [9.17, 15) is 0 Å². The topological polar surface area (TPSA) is 56.9 Å². The molecule has 26 heavy (non-hydrogen) atoms. The molecule has 1 saturated heterocycles. The molecule has 2 heterocycles. The van der Waals surface area contributed by atoms with Crippen LogP contribution in [0.3, 0.4) is 0 Å². The summed E-state index contributed by atoms with van der Waals surface area (Å²) in [5.74, 6) is 3.84. The number of guanidine groups is 1. The molecule has 1 N–H and O–H groups in total. The van der Waals surface area contributed by atoms with Crippen molar-refractivity contribution in [3.8, 4) is 0 Å². The molecule has 0 aromatic carbocycles. The lowest BCUT2D eigenvalue weighted by Crippen LogP contribution is -2.52. The van der Waals surface area contributed by atoms with Crippen molar-refractivity contribution in [2.24, 2.45) is 16.8 Å². The number of aliphatic imine (C=N–C) groups is 1. The summed E-state index contributed by atoms with van der Waals surface area (Å²) in [7, 11) is 1.92. The predicted molar refractivity (Wildman–Crippen MR) is 103 cm³/mol. The molecule has 1 aromatic rings. The molecule has 3 fully saturated rings. The van der Waals surface area contributed by atoms with E-state index in [-0.39, 0.29) is 0 Å². The highest BCUT2D eigenvalue weighted by Gasteiger charge is 2.43. The van der Waals surface area contributed by atoms with E-state index in [2.05, 4.69) is 25.3 Å². The Hall–Kier alpha value is -1.56. The van der Waals surface area contributed by atoms with Gasteiger partial charge in [0.05, 0.1) is 5.69 Å². The summed E-state index contributed by atoms with van der Waals surface area (Å²) in [6.45, 7) is 6.97. The van der Waals surface area contributed by atoms with Crippen molar-refractivity contribution >= 4 is 5.96 Å². The third-order valence-corrected chi connectivity index (χ3v) is 6.36. The Morgan fingerprint density at radius 2 is 2.00 bits per heavy atom. The van der Waals surface area contributed by atoms with E-state index in [0.717, 1.165) is 62.0 Å². The standard InChI is InChI=1S/C20H33N5O/c1-15-12-17(23-26-15)14-24-8-10-25(11-9-24)20(21-2)22-19-13-18(19)16-6-4-3-5-7-16/h12,16,18-19H,3-11,13-14H2,1-2H3,(H,21,22). The number of aromatic nitrogens is 1. The largest absolute Gasteiger partial charge is 0.361 e. The van der Waals surface area contributed by atoms with Crippen LogP contribution in [-0.4, -0.2) is 60.2 Å². The third-order valence-electron chi connectivity index (χ3n) is 6.36. The second kappa shape index (κ2) is 7.99. The number of hydrogen-bond acceptors (Lipinski definition) is 4. The quantitative estimate of drug-likeness (QED) is 0.662. The van der Waals surface area contributed by atoms with Crippen molar-refractivity contribution in [2.75, 3.05) is 33.2 Å². The average molecular weight is 360 g/mol. The van der Waals surface area contributed by atoms with Gasteiger partial charge in [-0.3, -0.25) is 9.89 Å². The number of piperazine rings is 1. The van der Waals surface area contributed by atoms with Gasteiger partial charge in [0.2, 0.25) is 0 Å². The van der Waals surface area contributed by atoms with Crippen molar-refractivity contribution < 1.29 is 4.52 Å². The minimum atomic E-state index is 0.660. The first kappa shape index (κ1) is 17.8. The van der Waals surface area contributed by atoms with Crippen LogP contribution in [0.4, 0.5) is 0 Å². The fourth-order valence-corrected chi connectivity index (χ4v) is 4.77. The van der Waals surface area contributed by atoms with Gasteiger partial charge in [0.15, 0.2) is 5.96 Å². The van der Waals surface area contributed by atoms with Gasteiger partial charge in [0.25, 0.3) is 0 Å². The molecule has 2 aliphatic carbocycles. The molecule has 2 unspecified atom stereocenters. The molecule has 1 aliphatic heterocycles. The third kappa shape index (κ3) is 4.22. The summed E-state index contributed by atoms with van der Waals surface area (Å²) in [6, 6.07) is 2.69. The first-order valence-corrected chi connectivity index (χ1v) is 10.4. The van der Waals surface area contributed by atoms with Gasteiger partial charge in [0.1, 0.15) is 5.76 Å². The zero-order chi connectivity index (χ0) is 17.9. The SMILES string of the molecule is CN=C(NC1CC1C1CCCCC1)N1CCN(Cc2cc(C)on2)CC1. The first-order valence-electron chi connectivity index (χ1n) is 10.4. The van der Waals surface area contributed by atoms with Crippen LogP contribution in [0.5, 0.6) is 0 Å². The number of nitrogens with one attached hydrogen (secondary N) is 1. The highest BCUT2D eigenvalue weighted by atomic mass is 16.5. The number of rotatable bonds is 4. The highest BCUT2D eigenvalue weighted by Crippen LogP contribution is 2.44. The van der Waals surface area contributed by atoms with Crippen molar-refractivity contribution in [3.63, 3.8) is 0 Å². The number of hydrogen-bond donors (Lipinski definition) is 1. The summed E-state index contributed by atoms with van der Waals surface area (Å²) in [5.41, 5.74) is 1.03. The van der Waals surface area contributed by atoms with Gasteiger partial charge in [-0.05, 0) is 25.2 Å². The maximum absolute atomic E-state index is 5.18. The van der Waals surface area contributed by atoms with Crippen LogP contribution in [0.15, 0.2) is 15.6 Å². The molecule has 2 atom stereocenters. The Balaban J connectivity index is 1.23. The van der Waals surface area contributed by atoms with Gasteiger partial charge >= 0.3 is 0 Å². The molecule has 0 amide bonds. The van der Waals surface area contributed by atoms with Crippen LogP contribution in [0.25, 0.3) is 0 Å². The summed E-state index contributed by atoms with van der Waals surface area (Å²) >= 11 is 0. The van der Waals surface area contributed by atoms with Crippen molar-refractivity contribution in [2.45, 2.75) is 58.0 Å². The molecule has 3 aliphatic rings. The van der Waals surface area contributed by atoms with E-state index in [1.54, 1.807) is 0 Å². The lowest BCUT2D eigenvalue weighted by Gasteiger charge is -2.36. The normalized spacial score (nSPS) is 28.4. The predicted octanol–water partition coefficient (Wildman–Crippen LogP) is 2.64. The van der Waals surface area contributed by atoms with Crippen LogP contribution in [0, 0.1) is 18.8 Å². The first-order chi connectivity index (χ1) is 12.7. The second-order valence-electron chi connectivity index (χ2n) is 8.29. The maximum Gasteiger partial charge on any atom is 0.193 e. The lowest BCUT2D eigenvalue weighted by molar-refractivity contribution is 0.168. The molecule has 2 saturated carbocycles. The molecular formula is C20H33N5O. The fourth-order valence-electron chi connectivity index (χ4n) is 4.77. The van der Waals surface area contributed by atoms with Crippen LogP contribution in [-0.2, 0) is 6.54 Å². The summed E-state index contributed by atoms with van der Waals surface area (Å²) in [6.07, 6.45) is 8.56. The molecule has 4 rings (SSSR count). The minimum absolute atomic E-state index is 0.660. The van der Waals surface area contributed by atoms with Gasteiger partial charge < -0.3 is 14.7 Å². The van der Waals surface area contributed by atoms with Crippen LogP contribution >= 0.6 is 0 Å². The molecule has 1 aromatic heterocycles. The van der Waals surface area contributed by atoms with Crippen LogP contribution in [0.1, 0.15) is 50.0 Å². The van der Waals surface area contributed by atoms with Crippen molar-refractivity contribution in [1.29, 1.82) is 0 Å². The van der Waals surface area contributed by atoms with Gasteiger partial charge in [0, 0.05) is 51.9 Å². The van der Waals surface area contributed by atoms with E-state index in [4.69, 9.17) is 4.52 Å². The van der Waals surface area contributed by atoms with Gasteiger partial charge in [-0.2, -0.15) is 0 Å². The zero-order valence-electron chi connectivity index (χ0n) is 16.3. The molecule has 0 bridgehead atoms. The van der Waals surface area contributed by atoms with E-state index < -0.39 is 0 Å². The van der Waals surface area contributed by atoms with Crippen LogP contribution < -0.4 is 5.32 Å². The van der Waals surface area contributed by atoms with Gasteiger partial charge in [-0.1, -0.05) is 37.3 Å². The summed E-state index contributed by atoms with van der Waals surface area (Å²) < 4.78 is 5.18. The Labute approximate surface area is 157 Å². The smallest absolute Gasteiger partial charge is 0.193 e. The molecule has 6 nitrogen and oxygen atoms in total. The van der Waals surface area contributed by atoms with Crippen LogP contribution in [0.2, 0.25) is 0 Å².